The second-order valence-electron chi connectivity index (χ2n) is 5.67. The summed E-state index contributed by atoms with van der Waals surface area (Å²) in [6.07, 6.45) is 3.77. The molecule has 0 unspecified atom stereocenters. The molecule has 0 radical (unpaired) electrons. The second-order valence-corrected chi connectivity index (χ2v) is 5.67. The normalized spacial score (nSPS) is 19.9. The molecule has 1 fully saturated rings. The lowest BCUT2D eigenvalue weighted by atomic mass is 9.99. The molecule has 3 rings (SSSR count). The summed E-state index contributed by atoms with van der Waals surface area (Å²) in [5.74, 6) is 0.369. The van der Waals surface area contributed by atoms with Gasteiger partial charge in [0.05, 0.1) is 6.54 Å². The van der Waals surface area contributed by atoms with Crippen molar-refractivity contribution in [2.45, 2.75) is 19.3 Å². The van der Waals surface area contributed by atoms with Gasteiger partial charge in [-0.05, 0) is 44.0 Å². The van der Waals surface area contributed by atoms with Crippen molar-refractivity contribution < 1.29 is 9.59 Å². The topological polar surface area (TPSA) is 40.6 Å². The number of piperidine rings is 1. The molecule has 0 spiro atoms. The Bertz CT molecular complexity index is 507. The van der Waals surface area contributed by atoms with Gasteiger partial charge in [-0.15, -0.1) is 0 Å². The number of nitrogens with zero attached hydrogens (tertiary/aromatic N) is 2. The molecule has 2 aliphatic heterocycles. The molecule has 2 heterocycles. The van der Waals surface area contributed by atoms with E-state index >= 15 is 0 Å². The Morgan fingerprint density at radius 3 is 2.70 bits per heavy atom. The average molecular weight is 272 g/mol. The van der Waals surface area contributed by atoms with Crippen molar-refractivity contribution in [3.63, 3.8) is 0 Å². The fourth-order valence-electron chi connectivity index (χ4n) is 3.12. The summed E-state index contributed by atoms with van der Waals surface area (Å²) in [5, 5.41) is 0. The van der Waals surface area contributed by atoms with Gasteiger partial charge in [-0.2, -0.15) is 0 Å². The van der Waals surface area contributed by atoms with Gasteiger partial charge >= 0.3 is 0 Å². The zero-order chi connectivity index (χ0) is 13.9. The quantitative estimate of drug-likeness (QED) is 0.783. The zero-order valence-electron chi connectivity index (χ0n) is 11.6. The number of carbonyl (C=O) groups excluding carboxylic acids is 2. The third-order valence-electron chi connectivity index (χ3n) is 4.37. The predicted octanol–water partition coefficient (Wildman–Crippen LogP) is 1.49. The summed E-state index contributed by atoms with van der Waals surface area (Å²) in [7, 11) is 0. The number of likely N-dealkylation sites (tertiary alicyclic amines) is 1. The Labute approximate surface area is 119 Å². The molecule has 1 aromatic rings. The van der Waals surface area contributed by atoms with Crippen LogP contribution in [0, 0.1) is 5.92 Å². The van der Waals surface area contributed by atoms with E-state index in [9.17, 15) is 9.59 Å². The van der Waals surface area contributed by atoms with E-state index in [0.717, 1.165) is 50.9 Å². The smallest absolute Gasteiger partial charge is 0.241 e. The summed E-state index contributed by atoms with van der Waals surface area (Å²) in [5.41, 5.74) is 2.33. The molecule has 4 heteroatoms. The number of rotatable bonds is 3. The highest BCUT2D eigenvalue weighted by Crippen LogP contribution is 2.27. The van der Waals surface area contributed by atoms with Gasteiger partial charge in [-0.3, -0.25) is 9.69 Å². The van der Waals surface area contributed by atoms with Crippen molar-refractivity contribution in [2.24, 2.45) is 5.92 Å². The summed E-state index contributed by atoms with van der Waals surface area (Å²) in [6, 6.07) is 8.13. The van der Waals surface area contributed by atoms with E-state index in [2.05, 4.69) is 11.0 Å². The lowest BCUT2D eigenvalue weighted by molar-refractivity contribution is -0.120. The van der Waals surface area contributed by atoms with Gasteiger partial charge < -0.3 is 9.69 Å². The van der Waals surface area contributed by atoms with E-state index < -0.39 is 0 Å². The Morgan fingerprint density at radius 1 is 1.20 bits per heavy atom. The molecule has 20 heavy (non-hydrogen) atoms. The number of benzene rings is 1. The minimum atomic E-state index is 0.180. The first-order valence-corrected chi connectivity index (χ1v) is 7.34. The average Bonchev–Trinajstić information content (AvgIpc) is 2.92. The van der Waals surface area contributed by atoms with Crippen LogP contribution in [-0.4, -0.2) is 43.3 Å². The SMILES string of the molecule is O=CC1CCN(CC(=O)N2CCc3ccccc32)CC1. The van der Waals surface area contributed by atoms with Gasteiger partial charge in [0.25, 0.3) is 0 Å². The standard InChI is InChI=1S/C16H20N2O2/c19-12-13-5-8-17(9-6-13)11-16(20)18-10-7-14-3-1-2-4-15(14)18/h1-4,12-13H,5-11H2. The largest absolute Gasteiger partial charge is 0.311 e. The zero-order valence-corrected chi connectivity index (χ0v) is 11.6. The summed E-state index contributed by atoms with van der Waals surface area (Å²) in [4.78, 5) is 27.3. The van der Waals surface area contributed by atoms with E-state index in [1.165, 1.54) is 5.56 Å². The van der Waals surface area contributed by atoms with Crippen LogP contribution in [0.25, 0.3) is 0 Å². The van der Waals surface area contributed by atoms with Gasteiger partial charge in [0, 0.05) is 18.2 Å². The Balaban J connectivity index is 1.60. The van der Waals surface area contributed by atoms with Crippen LogP contribution < -0.4 is 4.90 Å². The maximum absolute atomic E-state index is 12.4. The minimum Gasteiger partial charge on any atom is -0.311 e. The third-order valence-corrected chi connectivity index (χ3v) is 4.37. The number of anilines is 1. The Hall–Kier alpha value is -1.68. The molecular weight excluding hydrogens is 252 g/mol. The van der Waals surface area contributed by atoms with Gasteiger partial charge in [0.2, 0.25) is 5.91 Å². The monoisotopic (exact) mass is 272 g/mol. The number of hydrogen-bond acceptors (Lipinski definition) is 3. The maximum atomic E-state index is 12.4. The summed E-state index contributed by atoms with van der Waals surface area (Å²) < 4.78 is 0. The molecule has 1 saturated heterocycles. The maximum Gasteiger partial charge on any atom is 0.241 e. The van der Waals surface area contributed by atoms with E-state index in [4.69, 9.17) is 0 Å². The van der Waals surface area contributed by atoms with Gasteiger partial charge in [0.1, 0.15) is 6.29 Å². The lowest BCUT2D eigenvalue weighted by Crippen LogP contribution is -2.43. The van der Waals surface area contributed by atoms with Gasteiger partial charge in [-0.25, -0.2) is 0 Å². The highest BCUT2D eigenvalue weighted by atomic mass is 16.2. The first-order chi connectivity index (χ1) is 9.78. The molecule has 106 valence electrons. The van der Waals surface area contributed by atoms with Crippen molar-refractivity contribution in [2.75, 3.05) is 31.1 Å². The van der Waals surface area contributed by atoms with Gasteiger partial charge in [0.15, 0.2) is 0 Å². The van der Waals surface area contributed by atoms with Crippen molar-refractivity contribution >= 4 is 17.9 Å². The molecule has 1 amide bonds. The molecule has 4 nitrogen and oxygen atoms in total. The van der Waals surface area contributed by atoms with Crippen LogP contribution in [-0.2, 0) is 16.0 Å². The van der Waals surface area contributed by atoms with Gasteiger partial charge in [-0.1, -0.05) is 18.2 Å². The highest BCUT2D eigenvalue weighted by molar-refractivity contribution is 5.96. The summed E-state index contributed by atoms with van der Waals surface area (Å²) >= 11 is 0. The van der Waals surface area contributed by atoms with E-state index in [1.54, 1.807) is 0 Å². The molecular formula is C16H20N2O2. The molecule has 0 N–H and O–H groups in total. The van der Waals surface area contributed by atoms with Crippen molar-refractivity contribution in [3.05, 3.63) is 29.8 Å². The molecule has 0 aromatic heterocycles. The fourth-order valence-corrected chi connectivity index (χ4v) is 3.12. The minimum absolute atomic E-state index is 0.180. The fraction of sp³-hybridized carbons (Fsp3) is 0.500. The first-order valence-electron chi connectivity index (χ1n) is 7.34. The van der Waals surface area contributed by atoms with E-state index in [0.29, 0.717) is 6.54 Å². The van der Waals surface area contributed by atoms with Crippen LogP contribution in [0.3, 0.4) is 0 Å². The number of para-hydroxylation sites is 1. The van der Waals surface area contributed by atoms with Crippen LogP contribution in [0.2, 0.25) is 0 Å². The van der Waals surface area contributed by atoms with Crippen LogP contribution in [0.15, 0.2) is 24.3 Å². The second kappa shape index (κ2) is 5.75. The molecule has 0 atom stereocenters. The Morgan fingerprint density at radius 2 is 1.95 bits per heavy atom. The van der Waals surface area contributed by atoms with Crippen LogP contribution in [0.5, 0.6) is 0 Å². The number of amides is 1. The molecule has 0 bridgehead atoms. The third kappa shape index (κ3) is 2.61. The Kier molecular flexibility index (Phi) is 3.83. The van der Waals surface area contributed by atoms with Crippen LogP contribution in [0.4, 0.5) is 5.69 Å². The lowest BCUT2D eigenvalue weighted by Gasteiger charge is -2.30. The molecule has 2 aliphatic rings. The van der Waals surface area contributed by atoms with Crippen molar-refractivity contribution in [3.8, 4) is 0 Å². The number of aldehydes is 1. The predicted molar refractivity (Wildman–Crippen MR) is 77.7 cm³/mol. The van der Waals surface area contributed by atoms with E-state index in [-0.39, 0.29) is 11.8 Å². The molecule has 1 aromatic carbocycles. The highest BCUT2D eigenvalue weighted by Gasteiger charge is 2.27. The number of carbonyl (C=O) groups is 2. The molecule has 0 saturated carbocycles. The van der Waals surface area contributed by atoms with Crippen molar-refractivity contribution in [1.29, 1.82) is 0 Å². The number of fused-ring (bicyclic) bond motifs is 1. The molecule has 0 aliphatic carbocycles. The summed E-state index contributed by atoms with van der Waals surface area (Å²) in [6.45, 7) is 2.97. The van der Waals surface area contributed by atoms with Crippen molar-refractivity contribution in [1.82, 2.24) is 4.90 Å². The first kappa shape index (κ1) is 13.3. The number of hydrogen-bond donors (Lipinski definition) is 0. The van der Waals surface area contributed by atoms with Crippen LogP contribution >= 0.6 is 0 Å². The van der Waals surface area contributed by atoms with E-state index in [1.807, 2.05) is 23.1 Å². The van der Waals surface area contributed by atoms with Crippen LogP contribution in [0.1, 0.15) is 18.4 Å².